The zero-order valence-corrected chi connectivity index (χ0v) is 19.6. The zero-order chi connectivity index (χ0) is 23.5. The van der Waals surface area contributed by atoms with Crippen LogP contribution >= 0.6 is 11.3 Å². The highest BCUT2D eigenvalue weighted by molar-refractivity contribution is 7.74. The van der Waals surface area contributed by atoms with Crippen molar-refractivity contribution in [2.75, 3.05) is 11.4 Å². The normalized spacial score (nSPS) is 10.9. The van der Waals surface area contributed by atoms with Gasteiger partial charge in [-0.25, -0.2) is 17.5 Å². The standard InChI is InChI=1S/C25H21NO5S2/c1-16-8-9-18(17-6-4-3-5-7-17)14-20(16)23-12-13-24(32-23)26(33(29)30)21-11-10-19(25(27)28)15-22(21)31-2/h3-15,33H,1-2H3,(H,27,28). The quantitative estimate of drug-likeness (QED) is 0.329. The number of aromatic carboxylic acids is 1. The Kier molecular flexibility index (Phi) is 6.48. The van der Waals surface area contributed by atoms with Crippen LogP contribution in [0.1, 0.15) is 15.9 Å². The van der Waals surface area contributed by atoms with Crippen molar-refractivity contribution >= 4 is 38.9 Å². The molecule has 4 rings (SSSR count). The van der Waals surface area contributed by atoms with Crippen LogP contribution in [0.25, 0.3) is 21.6 Å². The van der Waals surface area contributed by atoms with Gasteiger partial charge in [0, 0.05) is 4.88 Å². The summed E-state index contributed by atoms with van der Waals surface area (Å²) >= 11 is 1.34. The molecule has 4 aromatic rings. The predicted octanol–water partition coefficient (Wildman–Crippen LogP) is 5.76. The molecule has 0 saturated heterocycles. The number of thiol groups is 1. The monoisotopic (exact) mass is 479 g/mol. The van der Waals surface area contributed by atoms with Gasteiger partial charge in [0.05, 0.1) is 18.4 Å². The third-order valence-corrected chi connectivity index (χ3v) is 7.23. The summed E-state index contributed by atoms with van der Waals surface area (Å²) in [5.41, 5.74) is 4.52. The van der Waals surface area contributed by atoms with Gasteiger partial charge in [-0.2, -0.15) is 0 Å². The first kappa shape index (κ1) is 22.6. The Hall–Kier alpha value is -3.62. The van der Waals surface area contributed by atoms with Gasteiger partial charge in [-0.15, -0.1) is 11.3 Å². The molecule has 0 fully saturated rings. The van der Waals surface area contributed by atoms with E-state index in [-0.39, 0.29) is 17.0 Å². The maximum absolute atomic E-state index is 12.2. The van der Waals surface area contributed by atoms with Gasteiger partial charge in [0.1, 0.15) is 10.8 Å². The highest BCUT2D eigenvalue weighted by atomic mass is 32.2. The molecule has 0 amide bonds. The largest absolute Gasteiger partial charge is 0.495 e. The van der Waals surface area contributed by atoms with Crippen LogP contribution in [0.2, 0.25) is 0 Å². The number of methoxy groups -OCH3 is 1. The van der Waals surface area contributed by atoms with Crippen LogP contribution in [0.15, 0.2) is 78.9 Å². The molecule has 1 N–H and O–H groups in total. The first-order valence-corrected chi connectivity index (χ1v) is 12.0. The van der Waals surface area contributed by atoms with Gasteiger partial charge in [0.15, 0.2) is 0 Å². The minimum atomic E-state index is -3.05. The van der Waals surface area contributed by atoms with Crippen LogP contribution in [0.5, 0.6) is 5.75 Å². The van der Waals surface area contributed by atoms with Gasteiger partial charge in [-0.05, 0) is 65.6 Å². The van der Waals surface area contributed by atoms with Gasteiger partial charge < -0.3 is 9.84 Å². The number of hydrogen-bond acceptors (Lipinski definition) is 5. The Balaban J connectivity index is 1.77. The summed E-state index contributed by atoms with van der Waals surface area (Å²) in [6.45, 7) is 2.02. The number of anilines is 2. The first-order valence-electron chi connectivity index (χ1n) is 10.0. The summed E-state index contributed by atoms with van der Waals surface area (Å²) in [6.07, 6.45) is 0. The van der Waals surface area contributed by atoms with Crippen molar-refractivity contribution < 1.29 is 23.1 Å². The van der Waals surface area contributed by atoms with Crippen LogP contribution < -0.4 is 9.04 Å². The lowest BCUT2D eigenvalue weighted by Gasteiger charge is -2.19. The summed E-state index contributed by atoms with van der Waals surface area (Å²) in [5, 5.41) is 9.71. The topological polar surface area (TPSA) is 83.9 Å². The van der Waals surface area contributed by atoms with Crippen molar-refractivity contribution in [3.8, 4) is 27.3 Å². The minimum absolute atomic E-state index is 0.0110. The molecule has 33 heavy (non-hydrogen) atoms. The molecule has 0 aliphatic rings. The van der Waals surface area contributed by atoms with Crippen molar-refractivity contribution in [1.82, 2.24) is 0 Å². The number of nitrogens with zero attached hydrogens (tertiary/aromatic N) is 1. The fourth-order valence-corrected chi connectivity index (χ4v) is 5.46. The predicted molar refractivity (Wildman–Crippen MR) is 132 cm³/mol. The van der Waals surface area contributed by atoms with Crippen LogP contribution in [-0.4, -0.2) is 26.6 Å². The van der Waals surface area contributed by atoms with E-state index in [1.165, 1.54) is 36.6 Å². The zero-order valence-electron chi connectivity index (χ0n) is 17.9. The second-order valence-electron chi connectivity index (χ2n) is 7.28. The third-order valence-electron chi connectivity index (χ3n) is 5.23. The fraction of sp³-hybridized carbons (Fsp3) is 0.0800. The van der Waals surface area contributed by atoms with Crippen molar-refractivity contribution in [3.63, 3.8) is 0 Å². The summed E-state index contributed by atoms with van der Waals surface area (Å²) < 4.78 is 30.9. The lowest BCUT2D eigenvalue weighted by atomic mass is 9.99. The molecule has 0 bridgehead atoms. The molecule has 0 radical (unpaired) electrons. The second-order valence-corrected chi connectivity index (χ2v) is 9.21. The SMILES string of the molecule is COc1cc(C(=O)O)ccc1N(c1ccc(-c2cc(-c3ccccc3)ccc2C)s1)[SH](=O)=O. The number of hydrogen-bond donors (Lipinski definition) is 2. The average Bonchev–Trinajstić information content (AvgIpc) is 3.29. The number of carboxylic acid groups (broad SMARTS) is 1. The third kappa shape index (κ3) is 4.62. The fourth-order valence-electron chi connectivity index (χ4n) is 3.56. The smallest absolute Gasteiger partial charge is 0.335 e. The Morgan fingerprint density at radius 1 is 0.939 bits per heavy atom. The lowest BCUT2D eigenvalue weighted by Crippen LogP contribution is -2.14. The maximum atomic E-state index is 12.2. The van der Waals surface area contributed by atoms with E-state index < -0.39 is 16.9 Å². The number of aryl methyl sites for hydroxylation is 1. The number of thiophene rings is 1. The maximum Gasteiger partial charge on any atom is 0.335 e. The van der Waals surface area contributed by atoms with Crippen LogP contribution in [-0.2, 0) is 10.9 Å². The molecule has 0 unspecified atom stereocenters. The van der Waals surface area contributed by atoms with E-state index in [9.17, 15) is 18.3 Å². The van der Waals surface area contributed by atoms with Crippen LogP contribution in [0, 0.1) is 6.92 Å². The van der Waals surface area contributed by atoms with E-state index in [1.54, 1.807) is 6.07 Å². The molecule has 0 spiro atoms. The molecule has 8 heteroatoms. The molecule has 6 nitrogen and oxygen atoms in total. The van der Waals surface area contributed by atoms with Crippen molar-refractivity contribution in [2.24, 2.45) is 0 Å². The highest BCUT2D eigenvalue weighted by Gasteiger charge is 2.21. The average molecular weight is 480 g/mol. The summed E-state index contributed by atoms with van der Waals surface area (Å²) in [5.74, 6) is -0.962. The number of ether oxygens (including phenoxy) is 1. The molecular formula is C25H21NO5S2. The van der Waals surface area contributed by atoms with Crippen molar-refractivity contribution in [2.45, 2.75) is 6.92 Å². The van der Waals surface area contributed by atoms with E-state index in [0.29, 0.717) is 5.00 Å². The summed E-state index contributed by atoms with van der Waals surface area (Å²) in [4.78, 5) is 12.2. The molecule has 0 saturated carbocycles. The van der Waals surface area contributed by atoms with Gasteiger partial charge in [-0.1, -0.05) is 42.5 Å². The van der Waals surface area contributed by atoms with Crippen LogP contribution in [0.3, 0.4) is 0 Å². The Labute approximate surface area is 197 Å². The number of rotatable bonds is 7. The van der Waals surface area contributed by atoms with Crippen molar-refractivity contribution in [1.29, 1.82) is 0 Å². The van der Waals surface area contributed by atoms with E-state index >= 15 is 0 Å². The number of carboxylic acids is 1. The molecule has 1 aromatic heterocycles. The molecule has 0 atom stereocenters. The van der Waals surface area contributed by atoms with Gasteiger partial charge in [0.25, 0.3) is 0 Å². The lowest BCUT2D eigenvalue weighted by molar-refractivity contribution is 0.0696. The summed E-state index contributed by atoms with van der Waals surface area (Å²) in [6, 6.07) is 24.0. The molecule has 0 aliphatic carbocycles. The first-order chi connectivity index (χ1) is 15.9. The molecule has 1 heterocycles. The number of benzene rings is 3. The molecule has 3 aromatic carbocycles. The summed E-state index contributed by atoms with van der Waals surface area (Å²) in [7, 11) is -1.68. The van der Waals surface area contributed by atoms with Gasteiger partial charge >= 0.3 is 5.97 Å². The molecular weight excluding hydrogens is 458 g/mol. The minimum Gasteiger partial charge on any atom is -0.495 e. The number of carbonyl (C=O) groups is 1. The van der Waals surface area contributed by atoms with E-state index in [4.69, 9.17) is 4.74 Å². The molecule has 0 aliphatic heterocycles. The van der Waals surface area contributed by atoms with Crippen molar-refractivity contribution in [3.05, 3.63) is 90.0 Å². The van der Waals surface area contributed by atoms with Gasteiger partial charge in [-0.3, -0.25) is 0 Å². The van der Waals surface area contributed by atoms with E-state index in [0.717, 1.165) is 31.4 Å². The Bertz CT molecular complexity index is 1390. The van der Waals surface area contributed by atoms with E-state index in [2.05, 4.69) is 18.2 Å². The Morgan fingerprint density at radius 2 is 1.70 bits per heavy atom. The van der Waals surface area contributed by atoms with Gasteiger partial charge in [0.2, 0.25) is 10.9 Å². The van der Waals surface area contributed by atoms with Crippen LogP contribution in [0.4, 0.5) is 10.7 Å². The van der Waals surface area contributed by atoms with E-state index in [1.807, 2.05) is 43.3 Å². The highest BCUT2D eigenvalue weighted by Crippen LogP contribution is 2.42. The second kappa shape index (κ2) is 9.48. The Morgan fingerprint density at radius 3 is 2.36 bits per heavy atom. The molecule has 168 valence electrons.